The number of ether oxygens (including phenoxy) is 1. The van der Waals surface area contributed by atoms with Gasteiger partial charge in [-0.3, -0.25) is 0 Å². The Morgan fingerprint density at radius 2 is 2.29 bits per heavy atom. The van der Waals surface area contributed by atoms with Gasteiger partial charge < -0.3 is 10.5 Å². The number of hydrogen-bond acceptors (Lipinski definition) is 3. The van der Waals surface area contributed by atoms with Gasteiger partial charge in [-0.15, -0.1) is 19.0 Å². The van der Waals surface area contributed by atoms with Crippen LogP contribution in [0.2, 0.25) is 0 Å². The van der Waals surface area contributed by atoms with Crippen molar-refractivity contribution in [1.82, 2.24) is 0 Å². The molecular formula is C13H18ClNO2. The lowest BCUT2D eigenvalue weighted by Gasteiger charge is -2.11. The first kappa shape index (κ1) is 15.7. The quantitative estimate of drug-likeness (QED) is 0.650. The summed E-state index contributed by atoms with van der Waals surface area (Å²) in [5.74, 6) is -0.335. The number of allylic oxidation sites excluding steroid dienone is 1. The topological polar surface area (TPSA) is 52.3 Å². The molecule has 2 N–H and O–H groups in total. The van der Waals surface area contributed by atoms with E-state index >= 15 is 0 Å². The summed E-state index contributed by atoms with van der Waals surface area (Å²) in [4.78, 5) is 11.3. The molecule has 4 heteroatoms. The van der Waals surface area contributed by atoms with E-state index < -0.39 is 0 Å². The minimum atomic E-state index is -0.335. The van der Waals surface area contributed by atoms with Crippen molar-refractivity contribution in [2.75, 3.05) is 7.11 Å². The highest BCUT2D eigenvalue weighted by Gasteiger charge is 2.09. The summed E-state index contributed by atoms with van der Waals surface area (Å²) in [6, 6.07) is 7.16. The fourth-order valence-corrected chi connectivity index (χ4v) is 1.48. The van der Waals surface area contributed by atoms with Crippen molar-refractivity contribution in [3.8, 4) is 0 Å². The predicted octanol–water partition coefficient (Wildman–Crippen LogP) is 2.86. The van der Waals surface area contributed by atoms with Crippen LogP contribution < -0.4 is 5.73 Å². The van der Waals surface area contributed by atoms with Crippen LogP contribution in [-0.2, 0) is 4.74 Å². The van der Waals surface area contributed by atoms with E-state index in [9.17, 15) is 4.79 Å². The number of carbonyl (C=O) groups is 1. The van der Waals surface area contributed by atoms with E-state index in [1.807, 2.05) is 18.2 Å². The van der Waals surface area contributed by atoms with E-state index in [2.05, 4.69) is 11.3 Å². The Hall–Kier alpha value is -1.32. The van der Waals surface area contributed by atoms with Gasteiger partial charge in [0.2, 0.25) is 0 Å². The van der Waals surface area contributed by atoms with Crippen LogP contribution >= 0.6 is 12.4 Å². The van der Waals surface area contributed by atoms with Gasteiger partial charge in [-0.2, -0.15) is 0 Å². The highest BCUT2D eigenvalue weighted by atomic mass is 35.5. The molecular weight excluding hydrogens is 238 g/mol. The van der Waals surface area contributed by atoms with Crippen LogP contribution in [0.5, 0.6) is 0 Å². The molecule has 0 spiro atoms. The minimum Gasteiger partial charge on any atom is -0.465 e. The number of carbonyl (C=O) groups excluding carboxylic acids is 1. The zero-order valence-electron chi connectivity index (χ0n) is 9.89. The van der Waals surface area contributed by atoms with E-state index in [4.69, 9.17) is 5.73 Å². The minimum absolute atomic E-state index is 0. The molecule has 0 amide bonds. The number of esters is 1. The number of halogens is 1. The molecule has 0 fully saturated rings. The third-order valence-corrected chi connectivity index (χ3v) is 2.42. The lowest BCUT2D eigenvalue weighted by atomic mass is 10.0. The molecule has 0 saturated carbocycles. The van der Waals surface area contributed by atoms with Gasteiger partial charge in [0.15, 0.2) is 0 Å². The zero-order valence-corrected chi connectivity index (χ0v) is 10.7. The lowest BCUT2D eigenvalue weighted by molar-refractivity contribution is 0.0600. The molecule has 0 heterocycles. The lowest BCUT2D eigenvalue weighted by Crippen LogP contribution is -2.11. The maximum atomic E-state index is 11.3. The molecule has 1 aromatic rings. The van der Waals surface area contributed by atoms with Crippen molar-refractivity contribution in [3.63, 3.8) is 0 Å². The van der Waals surface area contributed by atoms with Gasteiger partial charge >= 0.3 is 5.97 Å². The van der Waals surface area contributed by atoms with Gasteiger partial charge in [-0.25, -0.2) is 4.79 Å². The van der Waals surface area contributed by atoms with Crippen molar-refractivity contribution in [2.45, 2.75) is 18.9 Å². The normalized spacial score (nSPS) is 11.2. The molecule has 0 aliphatic heterocycles. The van der Waals surface area contributed by atoms with Gasteiger partial charge in [-0.05, 0) is 30.5 Å². The number of rotatable bonds is 5. The van der Waals surface area contributed by atoms with Crippen molar-refractivity contribution >= 4 is 18.4 Å². The first-order valence-corrected chi connectivity index (χ1v) is 5.23. The Kier molecular flexibility index (Phi) is 7.26. The van der Waals surface area contributed by atoms with E-state index in [0.29, 0.717) is 5.56 Å². The van der Waals surface area contributed by atoms with E-state index in [1.54, 1.807) is 12.1 Å². The second kappa shape index (κ2) is 7.87. The van der Waals surface area contributed by atoms with Crippen molar-refractivity contribution in [3.05, 3.63) is 48.0 Å². The zero-order chi connectivity index (χ0) is 12.0. The third kappa shape index (κ3) is 4.59. The predicted molar refractivity (Wildman–Crippen MR) is 71.4 cm³/mol. The average Bonchev–Trinajstić information content (AvgIpc) is 2.35. The van der Waals surface area contributed by atoms with Gasteiger partial charge in [0.05, 0.1) is 12.7 Å². The molecule has 0 aliphatic carbocycles. The second-order valence-corrected chi connectivity index (χ2v) is 3.59. The van der Waals surface area contributed by atoms with Crippen LogP contribution in [0.4, 0.5) is 0 Å². The first-order chi connectivity index (χ1) is 7.69. The average molecular weight is 256 g/mol. The molecule has 1 atom stereocenters. The number of methoxy groups -OCH3 is 1. The summed E-state index contributed by atoms with van der Waals surface area (Å²) in [6.45, 7) is 3.66. The van der Waals surface area contributed by atoms with Gasteiger partial charge in [0.25, 0.3) is 0 Å². The highest BCUT2D eigenvalue weighted by Crippen LogP contribution is 2.17. The van der Waals surface area contributed by atoms with Crippen LogP contribution in [0.15, 0.2) is 36.9 Å². The summed E-state index contributed by atoms with van der Waals surface area (Å²) in [7, 11) is 1.37. The fourth-order valence-electron chi connectivity index (χ4n) is 1.48. The van der Waals surface area contributed by atoms with Crippen molar-refractivity contribution in [1.29, 1.82) is 0 Å². The molecule has 1 rings (SSSR count). The molecule has 0 aromatic heterocycles. The Morgan fingerprint density at radius 1 is 1.59 bits per heavy atom. The van der Waals surface area contributed by atoms with Crippen LogP contribution in [0.1, 0.15) is 34.8 Å². The Morgan fingerprint density at radius 3 is 2.88 bits per heavy atom. The summed E-state index contributed by atoms with van der Waals surface area (Å²) < 4.78 is 4.66. The molecule has 1 aromatic carbocycles. The Labute approximate surface area is 108 Å². The van der Waals surface area contributed by atoms with Gasteiger partial charge in [0, 0.05) is 6.04 Å². The van der Waals surface area contributed by atoms with E-state index in [1.165, 1.54) is 7.11 Å². The standard InChI is InChI=1S/C13H17NO2.ClH/c1-3-4-8-12(14)10-6-5-7-11(9-10)13(15)16-2;/h3,5-7,9,12H,1,4,8,14H2,2H3;1H/t12-;/m1./s1. The van der Waals surface area contributed by atoms with Crippen LogP contribution in [0.25, 0.3) is 0 Å². The SMILES string of the molecule is C=CCC[C@@H](N)c1cccc(C(=O)OC)c1.Cl. The Bertz CT molecular complexity index is 379. The van der Waals surface area contributed by atoms with Gasteiger partial charge in [-0.1, -0.05) is 18.2 Å². The second-order valence-electron chi connectivity index (χ2n) is 3.59. The molecule has 0 bridgehead atoms. The number of nitrogens with two attached hydrogens (primary N) is 1. The monoisotopic (exact) mass is 255 g/mol. The van der Waals surface area contributed by atoms with Gasteiger partial charge in [0.1, 0.15) is 0 Å². The number of benzene rings is 1. The van der Waals surface area contributed by atoms with Crippen LogP contribution in [-0.4, -0.2) is 13.1 Å². The molecule has 0 saturated heterocycles. The summed E-state index contributed by atoms with van der Waals surface area (Å²) in [5, 5.41) is 0. The summed E-state index contributed by atoms with van der Waals surface area (Å²) in [6.07, 6.45) is 3.53. The maximum Gasteiger partial charge on any atom is 0.337 e. The van der Waals surface area contributed by atoms with Crippen LogP contribution in [0.3, 0.4) is 0 Å². The molecule has 17 heavy (non-hydrogen) atoms. The molecule has 3 nitrogen and oxygen atoms in total. The summed E-state index contributed by atoms with van der Waals surface area (Å²) >= 11 is 0. The largest absolute Gasteiger partial charge is 0.465 e. The van der Waals surface area contributed by atoms with E-state index in [-0.39, 0.29) is 24.4 Å². The van der Waals surface area contributed by atoms with Crippen LogP contribution in [0, 0.1) is 0 Å². The fraction of sp³-hybridized carbons (Fsp3) is 0.308. The first-order valence-electron chi connectivity index (χ1n) is 5.23. The highest BCUT2D eigenvalue weighted by molar-refractivity contribution is 5.89. The number of hydrogen-bond donors (Lipinski definition) is 1. The third-order valence-electron chi connectivity index (χ3n) is 2.42. The van der Waals surface area contributed by atoms with Crippen molar-refractivity contribution < 1.29 is 9.53 Å². The Balaban J connectivity index is 0.00000256. The smallest absolute Gasteiger partial charge is 0.337 e. The molecule has 94 valence electrons. The van der Waals surface area contributed by atoms with E-state index in [0.717, 1.165) is 18.4 Å². The molecule has 0 aliphatic rings. The van der Waals surface area contributed by atoms with Crippen molar-refractivity contribution in [2.24, 2.45) is 5.73 Å². The molecule has 0 radical (unpaired) electrons. The molecule has 0 unspecified atom stereocenters. The summed E-state index contributed by atoms with van der Waals surface area (Å²) in [5.41, 5.74) is 7.48. The maximum absolute atomic E-state index is 11.3.